The first kappa shape index (κ1) is 26.6. The molecule has 0 saturated heterocycles. The van der Waals surface area contributed by atoms with Gasteiger partial charge in [-0.1, -0.05) is 61.4 Å². The lowest BCUT2D eigenvalue weighted by Crippen LogP contribution is -2.50. The molecule has 2 aliphatic rings. The fraction of sp³-hybridized carbons (Fsp3) is 0.355. The molecule has 1 heterocycles. The molecule has 3 aromatic carbocycles. The van der Waals surface area contributed by atoms with Gasteiger partial charge in [0.15, 0.2) is 17.6 Å². The van der Waals surface area contributed by atoms with E-state index in [-0.39, 0.29) is 37.3 Å². The van der Waals surface area contributed by atoms with Gasteiger partial charge in [-0.3, -0.25) is 4.79 Å². The Morgan fingerprint density at radius 2 is 1.72 bits per heavy atom. The highest BCUT2D eigenvalue weighted by molar-refractivity contribution is 5.88. The van der Waals surface area contributed by atoms with Gasteiger partial charge in [-0.2, -0.15) is 0 Å². The van der Waals surface area contributed by atoms with Crippen LogP contribution in [0.5, 0.6) is 17.2 Å². The molecular weight excluding hydrogens is 498 g/mol. The van der Waals surface area contributed by atoms with E-state index in [0.29, 0.717) is 17.1 Å². The molecule has 1 aliphatic heterocycles. The molecule has 3 aromatic rings. The molecule has 1 aliphatic carbocycles. The third-order valence-electron chi connectivity index (χ3n) is 7.50. The number of carboxylic acids is 1. The van der Waals surface area contributed by atoms with E-state index < -0.39 is 18.1 Å². The third-order valence-corrected chi connectivity index (χ3v) is 7.50. The van der Waals surface area contributed by atoms with Crippen LogP contribution >= 0.6 is 0 Å². The topological polar surface area (TPSA) is 106 Å². The Labute approximate surface area is 227 Å². The van der Waals surface area contributed by atoms with E-state index in [1.807, 2.05) is 36.4 Å². The van der Waals surface area contributed by atoms with Crippen LogP contribution in [0.3, 0.4) is 0 Å². The molecule has 0 bridgehead atoms. The Hall–Kier alpha value is -4.04. The maximum absolute atomic E-state index is 14.0. The summed E-state index contributed by atoms with van der Waals surface area (Å²) in [5.74, 6) is -0.331. The predicted molar refractivity (Wildman–Crippen MR) is 144 cm³/mol. The van der Waals surface area contributed by atoms with Crippen molar-refractivity contribution in [2.75, 3.05) is 7.11 Å². The van der Waals surface area contributed by atoms with Crippen molar-refractivity contribution in [2.24, 2.45) is 0 Å². The Balaban J connectivity index is 1.45. The van der Waals surface area contributed by atoms with Crippen molar-refractivity contribution in [1.82, 2.24) is 4.90 Å². The summed E-state index contributed by atoms with van der Waals surface area (Å²) in [6.45, 7) is 0.320. The monoisotopic (exact) mass is 531 g/mol. The van der Waals surface area contributed by atoms with Gasteiger partial charge in [-0.05, 0) is 47.7 Å². The Bertz CT molecular complexity index is 1300. The van der Waals surface area contributed by atoms with E-state index in [1.54, 1.807) is 30.3 Å². The van der Waals surface area contributed by atoms with Gasteiger partial charge in [0.05, 0.1) is 13.2 Å². The van der Waals surface area contributed by atoms with Crippen LogP contribution in [0.15, 0.2) is 66.7 Å². The van der Waals surface area contributed by atoms with Crippen molar-refractivity contribution in [3.05, 3.63) is 89.0 Å². The van der Waals surface area contributed by atoms with E-state index in [9.17, 15) is 19.8 Å². The highest BCUT2D eigenvalue weighted by Crippen LogP contribution is 2.40. The first-order chi connectivity index (χ1) is 18.9. The lowest BCUT2D eigenvalue weighted by atomic mass is 9.91. The van der Waals surface area contributed by atoms with Crippen LogP contribution in [0.2, 0.25) is 0 Å². The van der Waals surface area contributed by atoms with Crippen LogP contribution in [0.25, 0.3) is 0 Å². The number of carbonyl (C=O) groups is 2. The van der Waals surface area contributed by atoms with Crippen LogP contribution in [-0.2, 0) is 33.9 Å². The number of nitrogens with zero attached hydrogens (tertiary/aromatic N) is 1. The number of ether oxygens (including phenoxy) is 3. The van der Waals surface area contributed by atoms with Crippen LogP contribution in [0, 0.1) is 0 Å². The van der Waals surface area contributed by atoms with Crippen molar-refractivity contribution in [1.29, 1.82) is 0 Å². The van der Waals surface area contributed by atoms with Gasteiger partial charge in [0.1, 0.15) is 18.4 Å². The lowest BCUT2D eigenvalue weighted by molar-refractivity contribution is -0.160. The maximum Gasteiger partial charge on any atom is 0.326 e. The van der Waals surface area contributed by atoms with Gasteiger partial charge < -0.3 is 29.3 Å². The number of benzene rings is 3. The summed E-state index contributed by atoms with van der Waals surface area (Å²) >= 11 is 0. The summed E-state index contributed by atoms with van der Waals surface area (Å²) in [5, 5.41) is 19.8. The molecule has 2 N–H and O–H groups in total. The fourth-order valence-electron chi connectivity index (χ4n) is 5.41. The van der Waals surface area contributed by atoms with Crippen molar-refractivity contribution in [2.45, 2.75) is 63.5 Å². The summed E-state index contributed by atoms with van der Waals surface area (Å²) in [5.41, 5.74) is 3.06. The molecule has 39 heavy (non-hydrogen) atoms. The molecule has 1 amide bonds. The van der Waals surface area contributed by atoms with Gasteiger partial charge in [0.2, 0.25) is 0 Å². The van der Waals surface area contributed by atoms with Crippen LogP contribution < -0.4 is 9.47 Å². The van der Waals surface area contributed by atoms with Gasteiger partial charge in [0.25, 0.3) is 5.91 Å². The Kier molecular flexibility index (Phi) is 8.02. The van der Waals surface area contributed by atoms with Crippen LogP contribution in [0.4, 0.5) is 0 Å². The Morgan fingerprint density at radius 1 is 1.00 bits per heavy atom. The van der Waals surface area contributed by atoms with E-state index in [0.717, 1.165) is 42.4 Å². The van der Waals surface area contributed by atoms with E-state index in [1.165, 1.54) is 12.0 Å². The van der Waals surface area contributed by atoms with Gasteiger partial charge in [-0.15, -0.1) is 0 Å². The summed E-state index contributed by atoms with van der Waals surface area (Å²) in [6.07, 6.45) is 3.08. The molecule has 0 unspecified atom stereocenters. The largest absolute Gasteiger partial charge is 0.508 e. The number of fused-ring (bicyclic) bond motifs is 1. The zero-order valence-corrected chi connectivity index (χ0v) is 21.9. The second-order valence-corrected chi connectivity index (χ2v) is 10.0. The molecular formula is C31H33NO7. The molecule has 5 rings (SSSR count). The standard InChI is InChI=1S/C31H33NO7/c1-37-27-16-13-22-18-32(30(34)28(21-7-3-2-4-8-21)39-24-9-5-6-10-24)26(31(35)36)17-25(22)29(27)38-19-20-11-14-23(33)15-12-20/h2-4,7-8,11-16,24,26,28,33H,5-6,9-10,17-19H2,1H3,(H,35,36)/t26-,28-/m0/s1. The van der Waals surface area contributed by atoms with Crippen LogP contribution in [-0.4, -0.2) is 46.2 Å². The minimum absolute atomic E-state index is 0.0244. The van der Waals surface area contributed by atoms with E-state index >= 15 is 0 Å². The molecule has 204 valence electrons. The molecule has 0 spiro atoms. The number of rotatable bonds is 9. The molecule has 8 heteroatoms. The number of amides is 1. The highest BCUT2D eigenvalue weighted by Gasteiger charge is 2.41. The predicted octanol–water partition coefficient (Wildman–Crippen LogP) is 5.02. The van der Waals surface area contributed by atoms with Gasteiger partial charge in [-0.25, -0.2) is 4.79 Å². The van der Waals surface area contributed by atoms with E-state index in [4.69, 9.17) is 14.2 Å². The van der Waals surface area contributed by atoms with Crippen LogP contribution in [0.1, 0.15) is 54.0 Å². The first-order valence-electron chi connectivity index (χ1n) is 13.3. The second kappa shape index (κ2) is 11.8. The number of hydrogen-bond donors (Lipinski definition) is 2. The minimum atomic E-state index is -1.09. The zero-order valence-electron chi connectivity index (χ0n) is 21.9. The van der Waals surface area contributed by atoms with Crippen molar-refractivity contribution in [3.63, 3.8) is 0 Å². The zero-order chi connectivity index (χ0) is 27.4. The number of hydrogen-bond acceptors (Lipinski definition) is 6. The highest BCUT2D eigenvalue weighted by atomic mass is 16.5. The summed E-state index contributed by atoms with van der Waals surface area (Å²) in [4.78, 5) is 28.0. The first-order valence-corrected chi connectivity index (χ1v) is 13.3. The van der Waals surface area contributed by atoms with Gasteiger partial charge in [0, 0.05) is 18.5 Å². The molecule has 1 fully saturated rings. The smallest absolute Gasteiger partial charge is 0.326 e. The Morgan fingerprint density at radius 3 is 2.38 bits per heavy atom. The SMILES string of the molecule is COc1ccc2c(c1OCc1ccc(O)cc1)C[C@@H](C(=O)O)N(C(=O)[C@@H](OC1CCCC1)c1ccccc1)C2. The lowest BCUT2D eigenvalue weighted by Gasteiger charge is -2.37. The molecule has 0 radical (unpaired) electrons. The maximum atomic E-state index is 14.0. The number of carbonyl (C=O) groups excluding carboxylic acids is 1. The number of aromatic hydroxyl groups is 1. The number of methoxy groups -OCH3 is 1. The molecule has 2 atom stereocenters. The third kappa shape index (κ3) is 5.86. The number of aliphatic carboxylic acids is 1. The van der Waals surface area contributed by atoms with Crippen molar-refractivity contribution < 1.29 is 34.0 Å². The number of phenolic OH excluding ortho intramolecular Hbond substituents is 1. The quantitative estimate of drug-likeness (QED) is 0.400. The second-order valence-electron chi connectivity index (χ2n) is 10.0. The summed E-state index contributed by atoms with van der Waals surface area (Å²) in [7, 11) is 1.54. The summed E-state index contributed by atoms with van der Waals surface area (Å²) in [6, 6.07) is 18.5. The molecule has 8 nitrogen and oxygen atoms in total. The average Bonchev–Trinajstić information content (AvgIpc) is 3.48. The summed E-state index contributed by atoms with van der Waals surface area (Å²) < 4.78 is 18.0. The average molecular weight is 532 g/mol. The minimum Gasteiger partial charge on any atom is -0.508 e. The van der Waals surface area contributed by atoms with Gasteiger partial charge >= 0.3 is 5.97 Å². The number of carboxylic acid groups (broad SMARTS) is 1. The molecule has 1 saturated carbocycles. The number of phenols is 1. The van der Waals surface area contributed by atoms with Crippen molar-refractivity contribution in [3.8, 4) is 17.2 Å². The fourth-order valence-corrected chi connectivity index (χ4v) is 5.41. The molecule has 0 aromatic heterocycles. The van der Waals surface area contributed by atoms with Crippen molar-refractivity contribution >= 4 is 11.9 Å². The normalized spacial score (nSPS) is 17.9. The van der Waals surface area contributed by atoms with E-state index in [2.05, 4.69) is 0 Å².